The molecule has 0 amide bonds. The van der Waals surface area contributed by atoms with Gasteiger partial charge < -0.3 is 10.4 Å². The number of thiocarbonyl (C=S) groups is 1. The number of pyridine rings is 1. The topological polar surface area (TPSA) is 36.1 Å². The number of nitrogens with one attached hydrogen (secondary N) is 1. The molecule has 5 heteroatoms. The molecule has 1 heterocycles. The molecule has 2 N–H and O–H groups in total. The van der Waals surface area contributed by atoms with E-state index in [9.17, 15) is 5.11 Å². The molecule has 0 saturated heterocycles. The molecular weight excluding hydrogens is 420 g/mol. The molecule has 0 aliphatic carbocycles. The molecule has 2 aromatic carbocycles. The van der Waals surface area contributed by atoms with Crippen molar-refractivity contribution in [3.63, 3.8) is 0 Å². The molecular formula is C22H20BrN2OS+. The number of aromatic nitrogens is 1. The summed E-state index contributed by atoms with van der Waals surface area (Å²) >= 11 is 9.11. The van der Waals surface area contributed by atoms with Gasteiger partial charge in [0.25, 0.3) is 5.70 Å². The molecule has 0 fully saturated rings. The van der Waals surface area contributed by atoms with E-state index in [1.54, 1.807) is 0 Å². The van der Waals surface area contributed by atoms with Gasteiger partial charge in [-0.05, 0) is 55.3 Å². The van der Waals surface area contributed by atoms with Crippen LogP contribution in [0.15, 0.2) is 77.5 Å². The lowest BCUT2D eigenvalue weighted by atomic mass is 10.1. The molecule has 0 saturated carbocycles. The highest BCUT2D eigenvalue weighted by Crippen LogP contribution is 2.22. The molecule has 1 aromatic heterocycles. The first-order valence-electron chi connectivity index (χ1n) is 8.50. The third kappa shape index (κ3) is 4.62. The minimum atomic E-state index is 0.113. The fourth-order valence-electron chi connectivity index (χ4n) is 2.69. The van der Waals surface area contributed by atoms with Crippen LogP contribution in [0.3, 0.4) is 0 Å². The van der Waals surface area contributed by atoms with Crippen LogP contribution in [0.2, 0.25) is 0 Å². The summed E-state index contributed by atoms with van der Waals surface area (Å²) in [6.07, 6.45) is 3.73. The molecule has 0 radical (unpaired) electrons. The van der Waals surface area contributed by atoms with Crippen molar-refractivity contribution in [2.24, 2.45) is 0 Å². The van der Waals surface area contributed by atoms with E-state index in [0.29, 0.717) is 16.2 Å². The normalized spacial score (nSPS) is 11.7. The third-order valence-corrected chi connectivity index (χ3v) is 5.00. The monoisotopic (exact) mass is 439 g/mol. The second-order valence-corrected chi connectivity index (χ2v) is 7.58. The number of aliphatic hydroxyl groups excluding tert-OH is 1. The van der Waals surface area contributed by atoms with E-state index in [0.717, 1.165) is 21.3 Å². The standard InChI is InChI=1S/C22H19BrN2OS/c1-15-6-7-16(2)19(14-15)24-22(27)20(25-12-4-3-5-13-25)21(26)17-8-10-18(23)11-9-17/h3-14H,1-2H3,(H-,24,26,27)/p+1. The number of rotatable bonds is 4. The van der Waals surface area contributed by atoms with E-state index in [-0.39, 0.29) is 5.76 Å². The predicted molar refractivity (Wildman–Crippen MR) is 119 cm³/mol. The summed E-state index contributed by atoms with van der Waals surface area (Å²) < 4.78 is 2.77. The number of halogens is 1. The van der Waals surface area contributed by atoms with Gasteiger partial charge in [0.05, 0.1) is 0 Å². The SMILES string of the molecule is Cc1ccc(C)c(NC(=S)/C(=C(\O)c2ccc(Br)cc2)[n+]2ccccc2)c1. The van der Waals surface area contributed by atoms with Gasteiger partial charge in [-0.25, -0.2) is 0 Å². The Kier molecular flexibility index (Phi) is 6.04. The van der Waals surface area contributed by atoms with Gasteiger partial charge in [0.2, 0.25) is 0 Å². The molecule has 0 aliphatic rings. The van der Waals surface area contributed by atoms with Crippen molar-refractivity contribution in [1.82, 2.24) is 0 Å². The molecule has 3 rings (SSSR count). The van der Waals surface area contributed by atoms with Gasteiger partial charge in [-0.2, -0.15) is 4.57 Å². The lowest BCUT2D eigenvalue weighted by molar-refractivity contribution is -0.575. The average molecular weight is 440 g/mol. The maximum absolute atomic E-state index is 11.0. The highest BCUT2D eigenvalue weighted by Gasteiger charge is 2.24. The molecule has 0 atom stereocenters. The zero-order chi connectivity index (χ0) is 19.4. The van der Waals surface area contributed by atoms with Crippen molar-refractivity contribution in [1.29, 1.82) is 0 Å². The van der Waals surface area contributed by atoms with Crippen LogP contribution in [-0.4, -0.2) is 10.1 Å². The Morgan fingerprint density at radius 1 is 1.00 bits per heavy atom. The molecule has 0 aliphatic heterocycles. The van der Waals surface area contributed by atoms with Crippen molar-refractivity contribution in [3.8, 4) is 0 Å². The Labute approximate surface area is 173 Å². The van der Waals surface area contributed by atoms with Crippen LogP contribution in [0.4, 0.5) is 5.69 Å². The number of anilines is 1. The van der Waals surface area contributed by atoms with Gasteiger partial charge in [0.15, 0.2) is 23.1 Å². The van der Waals surface area contributed by atoms with E-state index in [4.69, 9.17) is 12.2 Å². The zero-order valence-electron chi connectivity index (χ0n) is 15.1. The summed E-state index contributed by atoms with van der Waals surface area (Å²) in [5, 5.41) is 14.3. The van der Waals surface area contributed by atoms with E-state index in [1.165, 1.54) is 0 Å². The van der Waals surface area contributed by atoms with E-state index >= 15 is 0 Å². The quantitative estimate of drug-likeness (QED) is 0.237. The molecule has 0 spiro atoms. The number of benzene rings is 2. The van der Waals surface area contributed by atoms with E-state index < -0.39 is 0 Å². The van der Waals surface area contributed by atoms with Crippen LogP contribution in [0, 0.1) is 13.8 Å². The largest absolute Gasteiger partial charge is 0.502 e. The van der Waals surface area contributed by atoms with Gasteiger partial charge in [-0.3, -0.25) is 0 Å². The highest BCUT2D eigenvalue weighted by atomic mass is 79.9. The minimum Gasteiger partial charge on any atom is -0.502 e. The first-order chi connectivity index (χ1) is 13.0. The van der Waals surface area contributed by atoms with Crippen molar-refractivity contribution in [3.05, 3.63) is 94.2 Å². The number of aliphatic hydroxyl groups is 1. The van der Waals surface area contributed by atoms with Crippen molar-refractivity contribution in [2.45, 2.75) is 13.8 Å². The lowest BCUT2D eigenvalue weighted by Crippen LogP contribution is -2.38. The van der Waals surface area contributed by atoms with Gasteiger partial charge >= 0.3 is 0 Å². The summed E-state index contributed by atoms with van der Waals surface area (Å²) in [5.74, 6) is 0.113. The Balaban J connectivity index is 2.07. The number of nitrogens with zero attached hydrogens (tertiary/aromatic N) is 1. The molecule has 3 aromatic rings. The third-order valence-electron chi connectivity index (χ3n) is 4.17. The zero-order valence-corrected chi connectivity index (χ0v) is 17.5. The van der Waals surface area contributed by atoms with Gasteiger partial charge in [0, 0.05) is 27.9 Å². The summed E-state index contributed by atoms with van der Waals surface area (Å²) in [6, 6.07) is 19.4. The van der Waals surface area contributed by atoms with Gasteiger partial charge in [-0.1, -0.05) is 46.3 Å². The van der Waals surface area contributed by atoms with Crippen LogP contribution in [-0.2, 0) is 0 Å². The lowest BCUT2D eigenvalue weighted by Gasteiger charge is -2.12. The Morgan fingerprint density at radius 2 is 1.67 bits per heavy atom. The number of hydrogen-bond donors (Lipinski definition) is 2. The average Bonchev–Trinajstić information content (AvgIpc) is 2.66. The molecule has 0 bridgehead atoms. The summed E-state index contributed by atoms with van der Waals surface area (Å²) in [6.45, 7) is 4.06. The fourth-order valence-corrected chi connectivity index (χ4v) is 3.27. The fraction of sp³-hybridized carbons (Fsp3) is 0.0909. The second kappa shape index (κ2) is 8.46. The van der Waals surface area contributed by atoms with Gasteiger partial charge in [0.1, 0.15) is 0 Å². The van der Waals surface area contributed by atoms with E-state index in [2.05, 4.69) is 27.3 Å². The summed E-state index contributed by atoms with van der Waals surface area (Å²) in [5.41, 5.74) is 4.37. The van der Waals surface area contributed by atoms with Crippen molar-refractivity contribution >= 4 is 50.3 Å². The Bertz CT molecular complexity index is 999. The minimum absolute atomic E-state index is 0.113. The Morgan fingerprint density at radius 3 is 2.33 bits per heavy atom. The first kappa shape index (κ1) is 19.3. The van der Waals surface area contributed by atoms with Crippen LogP contribution >= 0.6 is 28.1 Å². The van der Waals surface area contributed by atoms with E-state index in [1.807, 2.05) is 85.4 Å². The molecule has 0 unspecified atom stereocenters. The molecule has 27 heavy (non-hydrogen) atoms. The number of aryl methyl sites for hydroxylation is 2. The molecule has 136 valence electrons. The van der Waals surface area contributed by atoms with Crippen LogP contribution in [0.5, 0.6) is 0 Å². The van der Waals surface area contributed by atoms with Gasteiger partial charge in [-0.15, -0.1) is 0 Å². The molecule has 3 nitrogen and oxygen atoms in total. The summed E-state index contributed by atoms with van der Waals surface area (Å²) in [7, 11) is 0. The van der Waals surface area contributed by atoms with Crippen LogP contribution in [0.1, 0.15) is 16.7 Å². The number of hydrogen-bond acceptors (Lipinski definition) is 2. The highest BCUT2D eigenvalue weighted by molar-refractivity contribution is 9.10. The first-order valence-corrected chi connectivity index (χ1v) is 9.70. The van der Waals surface area contributed by atoms with Crippen LogP contribution < -0.4 is 9.88 Å². The Hall–Kier alpha value is -2.50. The smallest absolute Gasteiger partial charge is 0.288 e. The van der Waals surface area contributed by atoms with Crippen LogP contribution in [0.25, 0.3) is 11.5 Å². The second-order valence-electron chi connectivity index (χ2n) is 6.26. The maximum Gasteiger partial charge on any atom is 0.288 e. The predicted octanol–water partition coefficient (Wildman–Crippen LogP) is 5.68. The maximum atomic E-state index is 11.0. The van der Waals surface area contributed by atoms with Crippen molar-refractivity contribution in [2.75, 3.05) is 5.32 Å². The van der Waals surface area contributed by atoms with Crippen molar-refractivity contribution < 1.29 is 9.67 Å². The summed E-state index contributed by atoms with van der Waals surface area (Å²) in [4.78, 5) is 0.445.